The highest BCUT2D eigenvalue weighted by Gasteiger charge is 2.19. The van der Waals surface area contributed by atoms with Crippen molar-refractivity contribution in [1.82, 2.24) is 9.97 Å². The van der Waals surface area contributed by atoms with Gasteiger partial charge in [-0.15, -0.1) is 0 Å². The van der Waals surface area contributed by atoms with Crippen LogP contribution in [0.15, 0.2) is 12.1 Å². The van der Waals surface area contributed by atoms with Gasteiger partial charge in [-0.25, -0.2) is 4.98 Å². The number of hydrogen-bond donors (Lipinski definition) is 3. The summed E-state index contributed by atoms with van der Waals surface area (Å²) in [5.41, 5.74) is 12.2. The number of benzene rings is 1. The quantitative estimate of drug-likeness (QED) is 0.670. The molecule has 0 saturated heterocycles. The zero-order valence-corrected chi connectivity index (χ0v) is 12.5. The van der Waals surface area contributed by atoms with E-state index < -0.39 is 0 Å². The monoisotopic (exact) mass is 383 g/mol. The second-order valence-electron chi connectivity index (χ2n) is 3.78. The van der Waals surface area contributed by atoms with Crippen LogP contribution < -0.4 is 16.2 Å². The highest BCUT2D eigenvalue weighted by molar-refractivity contribution is 14.1. The lowest BCUT2D eigenvalue weighted by atomic mass is 10.1. The third-order valence-corrected chi connectivity index (χ3v) is 3.71. The van der Waals surface area contributed by atoms with Crippen LogP contribution in [0.5, 0.6) is 11.5 Å². The Hall–Kier alpha value is -2.28. The van der Waals surface area contributed by atoms with Crippen molar-refractivity contribution >= 4 is 34.4 Å². The van der Waals surface area contributed by atoms with Gasteiger partial charge in [0.15, 0.2) is 11.5 Å². The number of aromatic nitrogens is 2. The molecule has 1 aromatic carbocycles. The molecule has 102 valence electrons. The molecule has 0 bridgehead atoms. The summed E-state index contributed by atoms with van der Waals surface area (Å²) in [7, 11) is 1.45. The van der Waals surface area contributed by atoms with Gasteiger partial charge in [-0.05, 0) is 34.7 Å². The van der Waals surface area contributed by atoms with Crippen molar-refractivity contribution in [1.29, 1.82) is 5.26 Å². The van der Waals surface area contributed by atoms with Crippen molar-refractivity contribution in [2.45, 2.75) is 0 Å². The van der Waals surface area contributed by atoms with Gasteiger partial charge in [0.2, 0.25) is 5.95 Å². The molecule has 5 N–H and O–H groups in total. The van der Waals surface area contributed by atoms with Gasteiger partial charge in [0.25, 0.3) is 0 Å². The van der Waals surface area contributed by atoms with E-state index in [1.54, 1.807) is 12.1 Å². The van der Waals surface area contributed by atoms with Crippen molar-refractivity contribution in [3.8, 4) is 28.8 Å². The zero-order chi connectivity index (χ0) is 14.9. The van der Waals surface area contributed by atoms with Crippen LogP contribution in [0.4, 0.5) is 11.8 Å². The largest absolute Gasteiger partial charge is 0.504 e. The number of ether oxygens (including phenoxy) is 1. The maximum Gasteiger partial charge on any atom is 0.222 e. The van der Waals surface area contributed by atoms with Crippen LogP contribution in [0.1, 0.15) is 5.56 Å². The smallest absolute Gasteiger partial charge is 0.222 e. The number of phenolic OH excluding ortho intramolecular Hbond substituents is 1. The lowest BCUT2D eigenvalue weighted by molar-refractivity contribution is 0.372. The van der Waals surface area contributed by atoms with E-state index in [4.69, 9.17) is 16.2 Å². The molecule has 0 radical (unpaired) electrons. The molecule has 0 spiro atoms. The van der Waals surface area contributed by atoms with Crippen LogP contribution in [0.25, 0.3) is 11.3 Å². The summed E-state index contributed by atoms with van der Waals surface area (Å²) in [6, 6.07) is 5.18. The minimum atomic E-state index is -0.0393. The fourth-order valence-electron chi connectivity index (χ4n) is 1.70. The van der Waals surface area contributed by atoms with E-state index in [9.17, 15) is 10.4 Å². The Morgan fingerprint density at radius 3 is 2.65 bits per heavy atom. The van der Waals surface area contributed by atoms with Crippen molar-refractivity contribution < 1.29 is 9.84 Å². The molecule has 20 heavy (non-hydrogen) atoms. The minimum Gasteiger partial charge on any atom is -0.504 e. The number of nitrogen functional groups attached to an aromatic ring is 2. The highest BCUT2D eigenvalue weighted by Crippen LogP contribution is 2.39. The van der Waals surface area contributed by atoms with Crippen LogP contribution in [0, 0.1) is 14.9 Å². The molecule has 7 nitrogen and oxygen atoms in total. The first-order chi connectivity index (χ1) is 9.49. The van der Waals surface area contributed by atoms with E-state index >= 15 is 0 Å². The van der Waals surface area contributed by atoms with Gasteiger partial charge in [0.1, 0.15) is 17.5 Å². The molecular formula is C12H10IN5O2. The molecule has 0 saturated carbocycles. The van der Waals surface area contributed by atoms with Gasteiger partial charge in [-0.2, -0.15) is 10.2 Å². The Labute approximate surface area is 128 Å². The summed E-state index contributed by atoms with van der Waals surface area (Å²) < 4.78 is 5.50. The number of nitrogens with zero attached hydrogens (tertiary/aromatic N) is 3. The number of nitriles is 1. The van der Waals surface area contributed by atoms with Gasteiger partial charge in [0.05, 0.1) is 16.4 Å². The average molecular weight is 383 g/mol. The zero-order valence-electron chi connectivity index (χ0n) is 10.4. The summed E-state index contributed by atoms with van der Waals surface area (Å²) >= 11 is 1.93. The average Bonchev–Trinajstić information content (AvgIpc) is 2.41. The number of methoxy groups -OCH3 is 1. The van der Waals surface area contributed by atoms with Crippen LogP contribution in [0.3, 0.4) is 0 Å². The van der Waals surface area contributed by atoms with E-state index in [1.165, 1.54) is 7.11 Å². The van der Waals surface area contributed by atoms with Crippen LogP contribution in [-0.2, 0) is 0 Å². The summed E-state index contributed by atoms with van der Waals surface area (Å²) in [6.45, 7) is 0. The van der Waals surface area contributed by atoms with Crippen LogP contribution in [-0.4, -0.2) is 22.2 Å². The molecule has 1 aromatic heterocycles. The Bertz CT molecular complexity index is 727. The minimum absolute atomic E-state index is 0.00103. The van der Waals surface area contributed by atoms with E-state index in [-0.39, 0.29) is 28.8 Å². The first kappa shape index (κ1) is 14.1. The maximum atomic E-state index is 10.0. The van der Waals surface area contributed by atoms with Gasteiger partial charge >= 0.3 is 0 Å². The molecule has 0 unspecified atom stereocenters. The molecule has 0 aliphatic heterocycles. The molecule has 0 aliphatic carbocycles. The van der Waals surface area contributed by atoms with Crippen molar-refractivity contribution in [3.05, 3.63) is 21.3 Å². The Morgan fingerprint density at radius 2 is 2.05 bits per heavy atom. The maximum absolute atomic E-state index is 10.0. The Morgan fingerprint density at radius 1 is 1.35 bits per heavy atom. The third kappa shape index (κ3) is 2.27. The number of rotatable bonds is 2. The second kappa shape index (κ2) is 5.38. The van der Waals surface area contributed by atoms with E-state index in [2.05, 4.69) is 9.97 Å². The van der Waals surface area contributed by atoms with Crippen LogP contribution >= 0.6 is 22.6 Å². The summed E-state index contributed by atoms with van der Waals surface area (Å²) in [5, 5.41) is 19.2. The molecule has 0 fully saturated rings. The standard InChI is InChI=1S/C12H10IN5O2/c1-20-7-3-2-5(8(13)10(7)19)9-6(4-14)11(15)18-12(16)17-9/h2-3,19H,1H3,(H4,15,16,17,18). The summed E-state index contributed by atoms with van der Waals surface area (Å²) in [6.07, 6.45) is 0. The normalized spacial score (nSPS) is 10.1. The molecule has 2 rings (SSSR count). The molecule has 0 amide bonds. The van der Waals surface area contributed by atoms with E-state index in [0.717, 1.165) is 0 Å². The SMILES string of the molecule is COc1ccc(-c2nc(N)nc(N)c2C#N)c(I)c1O. The van der Waals surface area contributed by atoms with Crippen molar-refractivity contribution in [2.75, 3.05) is 18.6 Å². The lowest BCUT2D eigenvalue weighted by Gasteiger charge is -2.11. The fourth-order valence-corrected chi connectivity index (χ4v) is 2.40. The van der Waals surface area contributed by atoms with Crippen LogP contribution in [0.2, 0.25) is 0 Å². The number of aromatic hydroxyl groups is 1. The van der Waals surface area contributed by atoms with E-state index in [1.807, 2.05) is 28.7 Å². The predicted octanol–water partition coefficient (Wildman–Crippen LogP) is 1.50. The van der Waals surface area contributed by atoms with Crippen molar-refractivity contribution in [2.24, 2.45) is 0 Å². The first-order valence-corrected chi connectivity index (χ1v) is 6.46. The fraction of sp³-hybridized carbons (Fsp3) is 0.0833. The Balaban J connectivity index is 2.76. The molecule has 0 aliphatic rings. The van der Waals surface area contributed by atoms with Crippen molar-refractivity contribution in [3.63, 3.8) is 0 Å². The van der Waals surface area contributed by atoms with Gasteiger partial charge < -0.3 is 21.3 Å². The highest BCUT2D eigenvalue weighted by atomic mass is 127. The number of phenols is 1. The predicted molar refractivity (Wildman–Crippen MR) is 81.9 cm³/mol. The summed E-state index contributed by atoms with van der Waals surface area (Å²) in [5.74, 6) is 0.251. The molecular weight excluding hydrogens is 373 g/mol. The van der Waals surface area contributed by atoms with E-state index in [0.29, 0.717) is 14.9 Å². The third-order valence-electron chi connectivity index (χ3n) is 2.62. The molecule has 1 heterocycles. The van der Waals surface area contributed by atoms with Gasteiger partial charge in [-0.3, -0.25) is 0 Å². The number of anilines is 2. The molecule has 8 heteroatoms. The second-order valence-corrected chi connectivity index (χ2v) is 4.86. The Kier molecular flexibility index (Phi) is 3.80. The first-order valence-electron chi connectivity index (χ1n) is 5.38. The number of hydrogen-bond acceptors (Lipinski definition) is 7. The van der Waals surface area contributed by atoms with Gasteiger partial charge in [0, 0.05) is 5.56 Å². The van der Waals surface area contributed by atoms with Gasteiger partial charge in [-0.1, -0.05) is 0 Å². The summed E-state index contributed by atoms with van der Waals surface area (Å²) in [4.78, 5) is 7.79. The lowest BCUT2D eigenvalue weighted by Crippen LogP contribution is -2.05. The number of halogens is 1. The molecule has 2 aromatic rings. The topological polar surface area (TPSA) is 131 Å². The molecule has 0 atom stereocenters. The number of nitrogens with two attached hydrogens (primary N) is 2.